The zero-order valence-electron chi connectivity index (χ0n) is 23.6. The maximum Gasteiger partial charge on any atom is 0.306 e. The van der Waals surface area contributed by atoms with Crippen molar-refractivity contribution in [1.82, 2.24) is 5.32 Å². The van der Waals surface area contributed by atoms with Gasteiger partial charge in [0.25, 0.3) is 0 Å². The summed E-state index contributed by atoms with van der Waals surface area (Å²) in [5.41, 5.74) is 4.93. The number of fused-ring (bicyclic) bond motifs is 1. The van der Waals surface area contributed by atoms with Crippen molar-refractivity contribution < 1.29 is 23.8 Å². The van der Waals surface area contributed by atoms with E-state index in [4.69, 9.17) is 9.47 Å². The number of β-amino-alcohol motifs (C(OH)–C–C–N with tert-alkyl or cyclic N) is 1. The molecule has 0 fully saturated rings. The number of ether oxygens (including phenoxy) is 2. The van der Waals surface area contributed by atoms with Gasteiger partial charge >= 0.3 is 5.97 Å². The Morgan fingerprint density at radius 1 is 1.21 bits per heavy atom. The fourth-order valence-corrected chi connectivity index (χ4v) is 5.32. The van der Waals surface area contributed by atoms with E-state index in [9.17, 15) is 14.3 Å². The maximum absolute atomic E-state index is 14.3. The van der Waals surface area contributed by atoms with Crippen LogP contribution >= 0.6 is 0 Å². The molecule has 1 aliphatic carbocycles. The molecule has 0 unspecified atom stereocenters. The lowest BCUT2D eigenvalue weighted by Gasteiger charge is -2.31. The minimum atomic E-state index is -0.664. The molecule has 0 spiro atoms. The van der Waals surface area contributed by atoms with Gasteiger partial charge in [0.05, 0.1) is 25.4 Å². The van der Waals surface area contributed by atoms with E-state index in [2.05, 4.69) is 43.4 Å². The van der Waals surface area contributed by atoms with Crippen molar-refractivity contribution >= 4 is 12.0 Å². The molecule has 6 heteroatoms. The lowest BCUT2D eigenvalue weighted by molar-refractivity contribution is -0.143. The Morgan fingerprint density at radius 2 is 1.89 bits per heavy atom. The minimum Gasteiger partial charge on any atom is -0.466 e. The summed E-state index contributed by atoms with van der Waals surface area (Å²) in [7, 11) is 0. The molecule has 0 radical (unpaired) electrons. The van der Waals surface area contributed by atoms with Gasteiger partial charge in [-0.05, 0) is 100 Å². The second kappa shape index (κ2) is 14.0. The van der Waals surface area contributed by atoms with Crippen LogP contribution in [0.1, 0.15) is 80.9 Å². The number of benzene rings is 2. The summed E-state index contributed by atoms with van der Waals surface area (Å²) in [6, 6.07) is 11.9. The van der Waals surface area contributed by atoms with Gasteiger partial charge in [0.15, 0.2) is 0 Å². The molecule has 0 aliphatic heterocycles. The van der Waals surface area contributed by atoms with E-state index < -0.39 is 6.10 Å². The maximum atomic E-state index is 14.3. The number of hydrogen-bond donors (Lipinski definition) is 2. The van der Waals surface area contributed by atoms with Gasteiger partial charge in [-0.1, -0.05) is 42.5 Å². The van der Waals surface area contributed by atoms with E-state index >= 15 is 0 Å². The van der Waals surface area contributed by atoms with Crippen LogP contribution in [-0.2, 0) is 27.1 Å². The number of esters is 1. The van der Waals surface area contributed by atoms with E-state index in [1.54, 1.807) is 19.9 Å². The van der Waals surface area contributed by atoms with Crippen molar-refractivity contribution in [2.24, 2.45) is 5.92 Å². The van der Waals surface area contributed by atoms with Crippen molar-refractivity contribution in [2.75, 3.05) is 19.8 Å². The molecule has 0 bridgehead atoms. The smallest absolute Gasteiger partial charge is 0.306 e. The standard InChI is InChI=1S/C32H44FNO4/c1-6-37-31(36)14-10-9-13-28-22(2)30(33)16-15-29(28)23(3)38-21-27(35)20-34-32(4,5)19-24-17-25-11-7-8-12-26(25)18-24/h7-9,11-13,15-16,23-24,27,34-35H,6,10,14,17-21H2,1-5H3/b13-9+/t23-,27-/m1/s1. The van der Waals surface area contributed by atoms with Gasteiger partial charge in [-0.15, -0.1) is 0 Å². The molecule has 0 saturated carbocycles. The van der Waals surface area contributed by atoms with Gasteiger partial charge < -0.3 is 19.9 Å². The Hall–Kier alpha value is -2.54. The van der Waals surface area contributed by atoms with Crippen molar-refractivity contribution in [2.45, 2.75) is 84.5 Å². The number of carbonyl (C=O) groups is 1. The lowest BCUT2D eigenvalue weighted by Crippen LogP contribution is -2.45. The largest absolute Gasteiger partial charge is 0.466 e. The minimum absolute atomic E-state index is 0.102. The second-order valence-electron chi connectivity index (χ2n) is 11.1. The zero-order valence-corrected chi connectivity index (χ0v) is 23.6. The van der Waals surface area contributed by atoms with E-state index in [0.717, 1.165) is 30.4 Å². The second-order valence-corrected chi connectivity index (χ2v) is 11.1. The molecule has 2 N–H and O–H groups in total. The van der Waals surface area contributed by atoms with Crippen molar-refractivity contribution in [1.29, 1.82) is 0 Å². The molecule has 208 valence electrons. The van der Waals surface area contributed by atoms with Gasteiger partial charge in [0.2, 0.25) is 0 Å². The Labute approximate surface area is 227 Å². The van der Waals surface area contributed by atoms with Gasteiger partial charge in [0.1, 0.15) is 5.82 Å². The number of aliphatic hydroxyl groups is 1. The van der Waals surface area contributed by atoms with E-state index in [0.29, 0.717) is 31.1 Å². The number of allylic oxidation sites excluding steroid dienone is 1. The number of hydrogen-bond acceptors (Lipinski definition) is 5. The van der Waals surface area contributed by atoms with Crippen LogP contribution in [0.2, 0.25) is 0 Å². The first-order valence-corrected chi connectivity index (χ1v) is 13.8. The van der Waals surface area contributed by atoms with Crippen LogP contribution in [-0.4, -0.2) is 42.5 Å². The van der Waals surface area contributed by atoms with Crippen LogP contribution in [0.5, 0.6) is 0 Å². The van der Waals surface area contributed by atoms with Gasteiger partial charge in [-0.25, -0.2) is 4.39 Å². The molecule has 1 aliphatic rings. The third kappa shape index (κ3) is 8.75. The molecule has 38 heavy (non-hydrogen) atoms. The van der Waals surface area contributed by atoms with Crippen LogP contribution in [0.4, 0.5) is 4.39 Å². The summed E-state index contributed by atoms with van der Waals surface area (Å²) < 4.78 is 25.3. The highest BCUT2D eigenvalue weighted by molar-refractivity contribution is 5.69. The highest BCUT2D eigenvalue weighted by atomic mass is 19.1. The monoisotopic (exact) mass is 525 g/mol. The van der Waals surface area contributed by atoms with Crippen molar-refractivity contribution in [3.05, 3.63) is 76.1 Å². The predicted molar refractivity (Wildman–Crippen MR) is 150 cm³/mol. The van der Waals surface area contributed by atoms with E-state index in [1.807, 2.05) is 19.1 Å². The van der Waals surface area contributed by atoms with Gasteiger partial charge in [0, 0.05) is 18.5 Å². The van der Waals surface area contributed by atoms with Crippen LogP contribution < -0.4 is 5.32 Å². The van der Waals surface area contributed by atoms with Crippen LogP contribution in [0, 0.1) is 18.7 Å². The molecule has 0 heterocycles. The Balaban J connectivity index is 1.49. The Kier molecular flexibility index (Phi) is 11.1. The third-order valence-electron chi connectivity index (χ3n) is 7.31. The zero-order chi connectivity index (χ0) is 27.7. The summed E-state index contributed by atoms with van der Waals surface area (Å²) >= 11 is 0. The summed E-state index contributed by atoms with van der Waals surface area (Å²) in [4.78, 5) is 11.6. The Morgan fingerprint density at radius 3 is 2.55 bits per heavy atom. The first-order valence-electron chi connectivity index (χ1n) is 13.8. The normalized spacial score (nSPS) is 15.6. The molecule has 3 rings (SSSR count). The third-order valence-corrected chi connectivity index (χ3v) is 7.31. The van der Waals surface area contributed by atoms with Crippen LogP contribution in [0.3, 0.4) is 0 Å². The molecule has 0 saturated heterocycles. The number of nitrogens with one attached hydrogen (secondary N) is 1. The fraction of sp³-hybridized carbons (Fsp3) is 0.531. The average Bonchev–Trinajstić information content (AvgIpc) is 3.28. The van der Waals surface area contributed by atoms with Gasteiger partial charge in [-0.3, -0.25) is 4.79 Å². The van der Waals surface area contributed by atoms with Gasteiger partial charge in [-0.2, -0.15) is 0 Å². The molecular weight excluding hydrogens is 481 g/mol. The van der Waals surface area contributed by atoms with E-state index in [1.165, 1.54) is 17.2 Å². The lowest BCUT2D eigenvalue weighted by atomic mass is 9.88. The number of halogens is 1. The number of rotatable bonds is 14. The summed E-state index contributed by atoms with van der Waals surface area (Å²) in [5.74, 6) is 0.0702. The summed E-state index contributed by atoms with van der Waals surface area (Å²) in [6.07, 6.45) is 6.75. The van der Waals surface area contributed by atoms with Crippen LogP contribution in [0.15, 0.2) is 42.5 Å². The SMILES string of the molecule is CCOC(=O)CC/C=C/c1c([C@@H](C)OC[C@H](O)CNC(C)(C)CC2Cc3ccccc3C2)ccc(F)c1C. The summed E-state index contributed by atoms with van der Waals surface area (Å²) in [5, 5.41) is 14.2. The highest BCUT2D eigenvalue weighted by Gasteiger charge is 2.28. The first-order chi connectivity index (χ1) is 18.1. The Bertz CT molecular complexity index is 1070. The van der Waals surface area contributed by atoms with Crippen molar-refractivity contribution in [3.8, 4) is 0 Å². The summed E-state index contributed by atoms with van der Waals surface area (Å²) in [6.45, 7) is 10.8. The molecule has 2 atom stereocenters. The molecule has 5 nitrogen and oxygen atoms in total. The molecule has 0 amide bonds. The number of carbonyl (C=O) groups excluding carboxylic acids is 1. The highest BCUT2D eigenvalue weighted by Crippen LogP contribution is 2.32. The van der Waals surface area contributed by atoms with Crippen LogP contribution in [0.25, 0.3) is 6.08 Å². The molecule has 2 aromatic rings. The quantitative estimate of drug-likeness (QED) is 0.292. The topological polar surface area (TPSA) is 67.8 Å². The average molecular weight is 526 g/mol. The fourth-order valence-electron chi connectivity index (χ4n) is 5.32. The van der Waals surface area contributed by atoms with E-state index in [-0.39, 0.29) is 36.5 Å². The number of aliphatic hydroxyl groups excluding tert-OH is 1. The first kappa shape index (κ1) is 30.0. The molecular formula is C32H44FNO4. The molecule has 0 aromatic heterocycles. The molecule has 2 aromatic carbocycles. The van der Waals surface area contributed by atoms with Crippen molar-refractivity contribution in [3.63, 3.8) is 0 Å². The predicted octanol–water partition coefficient (Wildman–Crippen LogP) is 6.10.